The van der Waals surface area contributed by atoms with Crippen LogP contribution in [0.3, 0.4) is 0 Å². The van der Waals surface area contributed by atoms with Gasteiger partial charge in [0.1, 0.15) is 24.8 Å². The third kappa shape index (κ3) is 4.92. The number of aliphatic hydroxyl groups is 1. The molecule has 0 bridgehead atoms. The predicted molar refractivity (Wildman–Crippen MR) is 124 cm³/mol. The van der Waals surface area contributed by atoms with Gasteiger partial charge in [-0.15, -0.1) is 0 Å². The van der Waals surface area contributed by atoms with Gasteiger partial charge in [0, 0.05) is 35.2 Å². The average molecular weight is 437 g/mol. The van der Waals surface area contributed by atoms with Crippen LogP contribution in [-0.4, -0.2) is 52.5 Å². The number of aromatic amines is 1. The van der Waals surface area contributed by atoms with Crippen molar-refractivity contribution < 1.29 is 19.3 Å². The van der Waals surface area contributed by atoms with E-state index >= 15 is 0 Å². The van der Waals surface area contributed by atoms with E-state index in [4.69, 9.17) is 14.2 Å². The molecule has 2 aromatic carbocycles. The molecular formula is C24H28N4O4. The molecule has 8 nitrogen and oxygen atoms in total. The van der Waals surface area contributed by atoms with Crippen molar-refractivity contribution in [3.05, 3.63) is 48.4 Å². The lowest BCUT2D eigenvalue weighted by molar-refractivity contribution is 0.103. The van der Waals surface area contributed by atoms with Crippen molar-refractivity contribution in [2.45, 2.75) is 32.9 Å². The van der Waals surface area contributed by atoms with Gasteiger partial charge in [0.2, 0.25) is 5.88 Å². The molecule has 4 aromatic rings. The number of aryl methyl sites for hydroxylation is 1. The maximum Gasteiger partial charge on any atom is 0.230 e. The van der Waals surface area contributed by atoms with Gasteiger partial charge in [-0.2, -0.15) is 0 Å². The lowest BCUT2D eigenvalue weighted by Gasteiger charge is -2.17. The molecule has 0 fully saturated rings. The normalized spacial score (nSPS) is 12.4. The zero-order valence-electron chi connectivity index (χ0n) is 18.7. The van der Waals surface area contributed by atoms with E-state index in [-0.39, 0.29) is 12.6 Å². The lowest BCUT2D eigenvalue weighted by Crippen LogP contribution is -2.35. The summed E-state index contributed by atoms with van der Waals surface area (Å²) in [6, 6.07) is 11.8. The Hall–Kier alpha value is -3.36. The minimum atomic E-state index is -0.644. The van der Waals surface area contributed by atoms with E-state index in [1.54, 1.807) is 19.2 Å². The van der Waals surface area contributed by atoms with Gasteiger partial charge in [0.25, 0.3) is 0 Å². The van der Waals surface area contributed by atoms with Crippen LogP contribution in [0.5, 0.6) is 23.1 Å². The van der Waals surface area contributed by atoms with Gasteiger partial charge >= 0.3 is 0 Å². The highest BCUT2D eigenvalue weighted by molar-refractivity contribution is 5.87. The molecule has 8 heteroatoms. The summed E-state index contributed by atoms with van der Waals surface area (Å²) in [6.45, 7) is 6.64. The van der Waals surface area contributed by atoms with E-state index in [1.807, 2.05) is 39.0 Å². The van der Waals surface area contributed by atoms with Crippen LogP contribution in [0.1, 0.15) is 19.5 Å². The van der Waals surface area contributed by atoms with Crippen molar-refractivity contribution in [3.8, 4) is 23.1 Å². The summed E-state index contributed by atoms with van der Waals surface area (Å²) in [7, 11) is 1.57. The average Bonchev–Trinajstić information content (AvgIpc) is 3.15. The van der Waals surface area contributed by atoms with Crippen LogP contribution in [0.2, 0.25) is 0 Å². The molecule has 0 spiro atoms. The predicted octanol–water partition coefficient (Wildman–Crippen LogP) is 3.96. The van der Waals surface area contributed by atoms with Gasteiger partial charge in [-0.05, 0) is 37.3 Å². The van der Waals surface area contributed by atoms with Crippen LogP contribution in [-0.2, 0) is 0 Å². The highest BCUT2D eigenvalue weighted by Gasteiger charge is 2.15. The number of fused-ring (bicyclic) bond motifs is 2. The van der Waals surface area contributed by atoms with E-state index in [0.717, 1.165) is 16.6 Å². The molecule has 32 heavy (non-hydrogen) atoms. The highest BCUT2D eigenvalue weighted by atomic mass is 16.5. The van der Waals surface area contributed by atoms with Crippen LogP contribution in [0.15, 0.2) is 42.7 Å². The highest BCUT2D eigenvalue weighted by Crippen LogP contribution is 2.36. The summed E-state index contributed by atoms with van der Waals surface area (Å²) in [5, 5.41) is 15.1. The second kappa shape index (κ2) is 9.42. The van der Waals surface area contributed by atoms with Crippen LogP contribution in [0, 0.1) is 6.92 Å². The first-order valence-corrected chi connectivity index (χ1v) is 10.6. The van der Waals surface area contributed by atoms with E-state index in [1.165, 1.54) is 6.33 Å². The van der Waals surface area contributed by atoms with Crippen LogP contribution in [0.4, 0.5) is 0 Å². The largest absolute Gasteiger partial charge is 0.493 e. The minimum absolute atomic E-state index is 0.131. The number of aliphatic hydroxyl groups excluding tert-OH is 1. The topological polar surface area (TPSA) is 102 Å². The van der Waals surface area contributed by atoms with E-state index < -0.39 is 6.10 Å². The molecular weight excluding hydrogens is 408 g/mol. The fraction of sp³-hybridized carbons (Fsp3) is 0.333. The molecule has 0 saturated carbocycles. The zero-order valence-corrected chi connectivity index (χ0v) is 18.7. The molecule has 168 valence electrons. The van der Waals surface area contributed by atoms with Gasteiger partial charge in [0.15, 0.2) is 11.5 Å². The van der Waals surface area contributed by atoms with Crippen molar-refractivity contribution >= 4 is 21.8 Å². The molecule has 1 atom stereocenters. The summed E-state index contributed by atoms with van der Waals surface area (Å²) in [6.07, 6.45) is 0.808. The van der Waals surface area contributed by atoms with Gasteiger partial charge < -0.3 is 29.6 Å². The summed E-state index contributed by atoms with van der Waals surface area (Å²) in [4.78, 5) is 12.0. The Morgan fingerprint density at radius 1 is 1.09 bits per heavy atom. The molecule has 0 amide bonds. The second-order valence-corrected chi connectivity index (χ2v) is 8.03. The Bertz CT molecular complexity index is 1220. The smallest absolute Gasteiger partial charge is 0.230 e. The number of benzene rings is 2. The van der Waals surface area contributed by atoms with Crippen molar-refractivity contribution in [2.75, 3.05) is 20.3 Å². The maximum absolute atomic E-state index is 10.1. The SMILES string of the molecule is COc1cc2c(Oc3ccc4[nH]c(C)cc4c3)ncnc2cc1OC[C@@H](O)CNC(C)C. The summed E-state index contributed by atoms with van der Waals surface area (Å²) < 4.78 is 17.4. The fourth-order valence-corrected chi connectivity index (χ4v) is 3.44. The molecule has 0 unspecified atom stereocenters. The third-order valence-electron chi connectivity index (χ3n) is 5.02. The molecule has 0 aliphatic rings. The molecule has 0 radical (unpaired) electrons. The number of nitrogens with one attached hydrogen (secondary N) is 2. The van der Waals surface area contributed by atoms with Gasteiger partial charge in [0.05, 0.1) is 18.0 Å². The Kier molecular flexibility index (Phi) is 6.43. The fourth-order valence-electron chi connectivity index (χ4n) is 3.44. The van der Waals surface area contributed by atoms with Crippen molar-refractivity contribution in [1.82, 2.24) is 20.3 Å². The number of hydrogen-bond acceptors (Lipinski definition) is 7. The maximum atomic E-state index is 10.1. The Morgan fingerprint density at radius 3 is 2.72 bits per heavy atom. The first kappa shape index (κ1) is 21.9. The van der Waals surface area contributed by atoms with E-state index in [2.05, 4.69) is 26.3 Å². The molecule has 3 N–H and O–H groups in total. The zero-order chi connectivity index (χ0) is 22.7. The molecule has 2 aromatic heterocycles. The molecule has 0 aliphatic carbocycles. The Morgan fingerprint density at radius 2 is 1.94 bits per heavy atom. The number of hydrogen-bond donors (Lipinski definition) is 3. The van der Waals surface area contributed by atoms with Crippen LogP contribution < -0.4 is 19.5 Å². The molecule has 0 aliphatic heterocycles. The van der Waals surface area contributed by atoms with E-state index in [0.29, 0.717) is 40.6 Å². The Balaban J connectivity index is 1.58. The number of nitrogens with zero attached hydrogens (tertiary/aromatic N) is 2. The standard InChI is InChI=1S/C24H28N4O4/c1-14(2)25-11-17(29)12-31-23-10-21-19(9-22(23)30-4)24(27-13-26-21)32-18-5-6-20-16(8-18)7-15(3)28-20/h5-10,13-14,17,25,28-29H,11-12H2,1-4H3/t17-/m0/s1. The summed E-state index contributed by atoms with van der Waals surface area (Å²) in [5.41, 5.74) is 2.79. The summed E-state index contributed by atoms with van der Waals surface area (Å²) >= 11 is 0. The van der Waals surface area contributed by atoms with E-state index in [9.17, 15) is 5.11 Å². The monoisotopic (exact) mass is 436 g/mol. The van der Waals surface area contributed by atoms with Gasteiger partial charge in [-0.1, -0.05) is 13.8 Å². The molecule has 4 rings (SSSR count). The second-order valence-electron chi connectivity index (χ2n) is 8.03. The number of methoxy groups -OCH3 is 1. The number of ether oxygens (including phenoxy) is 3. The Labute approximate surface area is 186 Å². The third-order valence-corrected chi connectivity index (χ3v) is 5.02. The van der Waals surface area contributed by atoms with Gasteiger partial charge in [-0.25, -0.2) is 9.97 Å². The quantitative estimate of drug-likeness (QED) is 0.365. The number of H-pyrrole nitrogens is 1. The van der Waals surface area contributed by atoms with Crippen molar-refractivity contribution in [2.24, 2.45) is 0 Å². The van der Waals surface area contributed by atoms with Crippen LogP contribution in [0.25, 0.3) is 21.8 Å². The first-order chi connectivity index (χ1) is 15.4. The summed E-state index contributed by atoms with van der Waals surface area (Å²) in [5.74, 6) is 2.11. The van der Waals surface area contributed by atoms with Crippen LogP contribution >= 0.6 is 0 Å². The van der Waals surface area contributed by atoms with Crippen molar-refractivity contribution in [1.29, 1.82) is 0 Å². The van der Waals surface area contributed by atoms with Gasteiger partial charge in [-0.3, -0.25) is 0 Å². The number of aromatic nitrogens is 3. The number of rotatable bonds is 9. The lowest BCUT2D eigenvalue weighted by atomic mass is 10.2. The molecule has 0 saturated heterocycles. The van der Waals surface area contributed by atoms with Crippen molar-refractivity contribution in [3.63, 3.8) is 0 Å². The molecule has 2 heterocycles. The minimum Gasteiger partial charge on any atom is -0.493 e. The first-order valence-electron chi connectivity index (χ1n) is 10.6.